The van der Waals surface area contributed by atoms with Gasteiger partial charge in [0.1, 0.15) is 0 Å². The van der Waals surface area contributed by atoms with Gasteiger partial charge in [-0.25, -0.2) is 14.4 Å². The van der Waals surface area contributed by atoms with Gasteiger partial charge in [0.2, 0.25) is 5.95 Å². The number of nitrogens with one attached hydrogen (secondary N) is 2. The van der Waals surface area contributed by atoms with Crippen LogP contribution in [0.5, 0.6) is 0 Å². The molecule has 0 saturated carbocycles. The van der Waals surface area contributed by atoms with E-state index in [1.54, 1.807) is 0 Å². The molecule has 0 atom stereocenters. The van der Waals surface area contributed by atoms with Crippen LogP contribution >= 0.6 is 0 Å². The van der Waals surface area contributed by atoms with Crippen LogP contribution < -0.4 is 10.6 Å². The third kappa shape index (κ3) is 2.62. The molecule has 5 nitrogen and oxygen atoms in total. The standard InChI is InChI=1S/C13H12FN5/c14-11-6-17-13(18-7-11)16-5-10-1-2-12-8-15-3-4-19(12)9-10/h1-4,6-9,15H,5H2,(H,16,17,18). The van der Waals surface area contributed by atoms with Crippen LogP contribution in [-0.4, -0.2) is 21.4 Å². The van der Waals surface area contributed by atoms with Crippen molar-refractivity contribution < 1.29 is 4.39 Å². The Hall–Kier alpha value is -2.63. The highest BCUT2D eigenvalue weighted by atomic mass is 19.1. The fourth-order valence-corrected chi connectivity index (χ4v) is 1.77. The van der Waals surface area contributed by atoms with E-state index >= 15 is 0 Å². The van der Waals surface area contributed by atoms with E-state index in [-0.39, 0.29) is 0 Å². The van der Waals surface area contributed by atoms with Crippen molar-refractivity contribution in [1.29, 1.82) is 0 Å². The Morgan fingerprint density at radius 2 is 2.11 bits per heavy atom. The van der Waals surface area contributed by atoms with Crippen LogP contribution in [0.15, 0.2) is 60.6 Å². The van der Waals surface area contributed by atoms with Crippen molar-refractivity contribution in [3.05, 3.63) is 66.4 Å². The average molecular weight is 257 g/mol. The number of aromatic nitrogens is 2. The molecule has 0 bridgehead atoms. The van der Waals surface area contributed by atoms with Gasteiger partial charge in [0.05, 0.1) is 18.1 Å². The maximum absolute atomic E-state index is 12.7. The largest absolute Gasteiger partial charge is 0.365 e. The van der Waals surface area contributed by atoms with E-state index in [0.717, 1.165) is 23.7 Å². The van der Waals surface area contributed by atoms with E-state index in [4.69, 9.17) is 0 Å². The Labute approximate surface area is 109 Å². The first kappa shape index (κ1) is 11.5. The van der Waals surface area contributed by atoms with E-state index in [9.17, 15) is 4.39 Å². The number of rotatable bonds is 3. The zero-order chi connectivity index (χ0) is 13.1. The summed E-state index contributed by atoms with van der Waals surface area (Å²) in [7, 11) is 0. The molecule has 0 amide bonds. The van der Waals surface area contributed by atoms with Crippen molar-refractivity contribution in [2.24, 2.45) is 0 Å². The van der Waals surface area contributed by atoms with Gasteiger partial charge in [-0.1, -0.05) is 6.08 Å². The minimum atomic E-state index is -0.442. The molecule has 0 spiro atoms. The summed E-state index contributed by atoms with van der Waals surface area (Å²) in [5.74, 6) is -0.0315. The summed E-state index contributed by atoms with van der Waals surface area (Å²) >= 11 is 0. The normalized spacial score (nSPS) is 16.4. The molecule has 0 unspecified atom stereocenters. The van der Waals surface area contributed by atoms with Gasteiger partial charge in [0.15, 0.2) is 5.82 Å². The van der Waals surface area contributed by atoms with E-state index in [2.05, 4.69) is 20.6 Å². The third-order valence-electron chi connectivity index (χ3n) is 2.70. The molecule has 96 valence electrons. The molecule has 0 fully saturated rings. The monoisotopic (exact) mass is 257 g/mol. The molecular weight excluding hydrogens is 245 g/mol. The first-order chi connectivity index (χ1) is 9.31. The van der Waals surface area contributed by atoms with Crippen molar-refractivity contribution in [3.63, 3.8) is 0 Å². The van der Waals surface area contributed by atoms with Gasteiger partial charge in [0.25, 0.3) is 0 Å². The van der Waals surface area contributed by atoms with Crippen LogP contribution in [0.3, 0.4) is 0 Å². The van der Waals surface area contributed by atoms with E-state index in [1.807, 2.05) is 41.9 Å². The minimum absolute atomic E-state index is 0.410. The van der Waals surface area contributed by atoms with Gasteiger partial charge in [0, 0.05) is 31.3 Å². The molecular formula is C13H12FN5. The first-order valence-corrected chi connectivity index (χ1v) is 5.83. The van der Waals surface area contributed by atoms with Crippen LogP contribution in [0, 0.1) is 5.82 Å². The number of halogens is 1. The maximum Gasteiger partial charge on any atom is 0.223 e. The maximum atomic E-state index is 12.7. The lowest BCUT2D eigenvalue weighted by Crippen LogP contribution is -2.20. The van der Waals surface area contributed by atoms with Crippen molar-refractivity contribution >= 4 is 5.95 Å². The first-order valence-electron chi connectivity index (χ1n) is 5.83. The van der Waals surface area contributed by atoms with Crippen LogP contribution in [-0.2, 0) is 0 Å². The second-order valence-corrected chi connectivity index (χ2v) is 4.07. The Kier molecular flexibility index (Phi) is 2.97. The molecule has 6 heteroatoms. The number of hydrogen-bond donors (Lipinski definition) is 2. The van der Waals surface area contributed by atoms with Gasteiger partial charge in [-0.15, -0.1) is 0 Å². The van der Waals surface area contributed by atoms with E-state index < -0.39 is 5.82 Å². The van der Waals surface area contributed by atoms with Gasteiger partial charge >= 0.3 is 0 Å². The van der Waals surface area contributed by atoms with Gasteiger partial charge in [-0.3, -0.25) is 0 Å². The van der Waals surface area contributed by atoms with Crippen LogP contribution in [0.1, 0.15) is 0 Å². The lowest BCUT2D eigenvalue weighted by atomic mass is 10.1. The molecule has 0 radical (unpaired) electrons. The van der Waals surface area contributed by atoms with Gasteiger partial charge < -0.3 is 15.5 Å². The van der Waals surface area contributed by atoms with Crippen LogP contribution in [0.2, 0.25) is 0 Å². The Morgan fingerprint density at radius 3 is 2.95 bits per heavy atom. The number of hydrogen-bond acceptors (Lipinski definition) is 5. The van der Waals surface area contributed by atoms with E-state index in [0.29, 0.717) is 12.5 Å². The highest BCUT2D eigenvalue weighted by Crippen LogP contribution is 2.18. The zero-order valence-corrected chi connectivity index (χ0v) is 10.0. The average Bonchev–Trinajstić information content (AvgIpc) is 2.46. The third-order valence-corrected chi connectivity index (χ3v) is 2.70. The number of fused-ring (bicyclic) bond motifs is 1. The van der Waals surface area contributed by atoms with Gasteiger partial charge in [-0.2, -0.15) is 0 Å². The summed E-state index contributed by atoms with van der Waals surface area (Å²) in [6.07, 6.45) is 14.0. The summed E-state index contributed by atoms with van der Waals surface area (Å²) in [4.78, 5) is 9.71. The quantitative estimate of drug-likeness (QED) is 0.863. The second kappa shape index (κ2) is 4.93. The summed E-state index contributed by atoms with van der Waals surface area (Å²) in [6, 6.07) is 0. The number of anilines is 1. The van der Waals surface area contributed by atoms with Gasteiger partial charge in [-0.05, 0) is 11.6 Å². The van der Waals surface area contributed by atoms with Crippen molar-refractivity contribution in [2.75, 3.05) is 11.9 Å². The smallest absolute Gasteiger partial charge is 0.223 e. The minimum Gasteiger partial charge on any atom is -0.365 e. The molecule has 0 aromatic carbocycles. The molecule has 2 N–H and O–H groups in total. The predicted octanol–water partition coefficient (Wildman–Crippen LogP) is 1.70. The molecule has 2 aliphatic rings. The fraction of sp³-hybridized carbons (Fsp3) is 0.0769. The SMILES string of the molecule is Fc1cnc(NCC2=CN3C=CNC=C3C=C2)nc1. The van der Waals surface area contributed by atoms with Crippen LogP contribution in [0.4, 0.5) is 10.3 Å². The number of allylic oxidation sites excluding steroid dienone is 1. The lowest BCUT2D eigenvalue weighted by molar-refractivity contribution is 0.612. The molecule has 3 rings (SSSR count). The second-order valence-electron chi connectivity index (χ2n) is 4.07. The molecule has 1 aromatic heterocycles. The fourth-order valence-electron chi connectivity index (χ4n) is 1.77. The topological polar surface area (TPSA) is 53.1 Å². The summed E-state index contributed by atoms with van der Waals surface area (Å²) in [5, 5.41) is 6.07. The summed E-state index contributed by atoms with van der Waals surface area (Å²) in [6.45, 7) is 0.577. The number of nitrogens with zero attached hydrogens (tertiary/aromatic N) is 3. The Bertz CT molecular complexity index is 586. The summed E-state index contributed by atoms with van der Waals surface area (Å²) < 4.78 is 12.7. The Balaban J connectivity index is 1.65. The van der Waals surface area contributed by atoms with E-state index in [1.165, 1.54) is 0 Å². The summed E-state index contributed by atoms with van der Waals surface area (Å²) in [5.41, 5.74) is 2.15. The highest BCUT2D eigenvalue weighted by molar-refractivity contribution is 5.40. The molecule has 3 heterocycles. The Morgan fingerprint density at radius 1 is 1.26 bits per heavy atom. The van der Waals surface area contributed by atoms with Crippen LogP contribution in [0.25, 0.3) is 0 Å². The molecule has 2 aliphatic heterocycles. The van der Waals surface area contributed by atoms with Crippen molar-refractivity contribution in [2.45, 2.75) is 0 Å². The highest BCUT2D eigenvalue weighted by Gasteiger charge is 2.10. The zero-order valence-electron chi connectivity index (χ0n) is 10.0. The van der Waals surface area contributed by atoms with Crippen molar-refractivity contribution in [1.82, 2.24) is 20.2 Å². The molecule has 0 aliphatic carbocycles. The predicted molar refractivity (Wildman–Crippen MR) is 69.9 cm³/mol. The molecule has 1 aromatic rings. The lowest BCUT2D eigenvalue weighted by Gasteiger charge is -2.24. The molecule has 19 heavy (non-hydrogen) atoms. The molecule has 0 saturated heterocycles. The van der Waals surface area contributed by atoms with Crippen molar-refractivity contribution in [3.8, 4) is 0 Å².